The van der Waals surface area contributed by atoms with Gasteiger partial charge in [0, 0.05) is 26.3 Å². The summed E-state index contributed by atoms with van der Waals surface area (Å²) in [4.78, 5) is 10.4. The van der Waals surface area contributed by atoms with Crippen molar-refractivity contribution < 1.29 is 4.74 Å². The van der Waals surface area contributed by atoms with Gasteiger partial charge < -0.3 is 15.4 Å². The van der Waals surface area contributed by atoms with Crippen LogP contribution in [0.5, 0.6) is 0 Å². The molecule has 0 atom stereocenters. The fourth-order valence-corrected chi connectivity index (χ4v) is 1.62. The summed E-state index contributed by atoms with van der Waals surface area (Å²) in [6.07, 6.45) is 2.66. The van der Waals surface area contributed by atoms with Crippen LogP contribution in [0.4, 0.5) is 11.6 Å². The predicted octanol–water partition coefficient (Wildman–Crippen LogP) is 1.23. The quantitative estimate of drug-likeness (QED) is 0.753. The summed E-state index contributed by atoms with van der Waals surface area (Å²) in [7, 11) is 1.99. The van der Waals surface area contributed by atoms with E-state index < -0.39 is 0 Å². The molecule has 94 valence electrons. The van der Waals surface area contributed by atoms with Crippen LogP contribution in [0.2, 0.25) is 0 Å². The fraction of sp³-hybridized carbons (Fsp3) is 0.667. The number of likely N-dealkylation sites (N-methyl/N-ethyl adjacent to an activating group) is 1. The molecule has 1 aromatic rings. The maximum absolute atomic E-state index is 5.69. The Hall–Kier alpha value is -1.36. The van der Waals surface area contributed by atoms with Crippen molar-refractivity contribution in [1.29, 1.82) is 0 Å². The third kappa shape index (κ3) is 3.85. The lowest BCUT2D eigenvalue weighted by atomic mass is 10.4. The molecule has 2 rings (SSSR count). The number of nitrogen functional groups attached to an aromatic ring is 1. The molecule has 0 unspecified atom stereocenters. The van der Waals surface area contributed by atoms with Crippen molar-refractivity contribution >= 4 is 11.6 Å². The van der Waals surface area contributed by atoms with Gasteiger partial charge in [0.05, 0.1) is 6.61 Å². The van der Waals surface area contributed by atoms with Gasteiger partial charge in [-0.1, -0.05) is 0 Å². The van der Waals surface area contributed by atoms with Crippen LogP contribution in [-0.4, -0.2) is 36.8 Å². The topological polar surface area (TPSA) is 64.3 Å². The zero-order valence-corrected chi connectivity index (χ0v) is 10.5. The molecule has 1 saturated carbocycles. The van der Waals surface area contributed by atoms with Crippen molar-refractivity contribution in [3.05, 3.63) is 11.9 Å². The van der Waals surface area contributed by atoms with E-state index in [0.29, 0.717) is 11.6 Å². The zero-order valence-electron chi connectivity index (χ0n) is 10.5. The maximum atomic E-state index is 5.69. The number of nitrogens with two attached hydrogens (primary N) is 1. The molecule has 5 nitrogen and oxygen atoms in total. The van der Waals surface area contributed by atoms with Gasteiger partial charge in [-0.15, -0.1) is 0 Å². The van der Waals surface area contributed by atoms with Crippen LogP contribution in [0.15, 0.2) is 6.07 Å². The highest BCUT2D eigenvalue weighted by molar-refractivity contribution is 5.46. The molecule has 1 aliphatic rings. The molecule has 0 aliphatic heterocycles. The van der Waals surface area contributed by atoms with Crippen LogP contribution < -0.4 is 10.6 Å². The molecule has 17 heavy (non-hydrogen) atoms. The highest BCUT2D eigenvalue weighted by Gasteiger charge is 2.21. The molecule has 2 N–H and O–H groups in total. The van der Waals surface area contributed by atoms with E-state index >= 15 is 0 Å². The molecule has 0 bridgehead atoms. The Labute approximate surface area is 102 Å². The van der Waals surface area contributed by atoms with Crippen LogP contribution in [0, 0.1) is 12.8 Å². The second-order valence-electron chi connectivity index (χ2n) is 4.64. The molecule has 0 spiro atoms. The zero-order chi connectivity index (χ0) is 12.3. The lowest BCUT2D eigenvalue weighted by Crippen LogP contribution is -2.24. The number of rotatable bonds is 6. The van der Waals surface area contributed by atoms with Gasteiger partial charge in [0.25, 0.3) is 0 Å². The van der Waals surface area contributed by atoms with Gasteiger partial charge in [-0.2, -0.15) is 0 Å². The number of hydrogen-bond donors (Lipinski definition) is 1. The Bertz CT molecular complexity index is 359. The molecule has 0 amide bonds. The van der Waals surface area contributed by atoms with Gasteiger partial charge in [-0.05, 0) is 25.7 Å². The molecule has 0 radical (unpaired) electrons. The Kier molecular flexibility index (Phi) is 3.78. The van der Waals surface area contributed by atoms with Crippen LogP contribution in [-0.2, 0) is 4.74 Å². The summed E-state index contributed by atoms with van der Waals surface area (Å²) in [5, 5.41) is 0. The molecule has 0 saturated heterocycles. The predicted molar refractivity (Wildman–Crippen MR) is 68.0 cm³/mol. The van der Waals surface area contributed by atoms with E-state index in [-0.39, 0.29) is 0 Å². The Balaban J connectivity index is 1.78. The van der Waals surface area contributed by atoms with Crippen LogP contribution in [0.3, 0.4) is 0 Å². The van der Waals surface area contributed by atoms with Gasteiger partial charge in [0.2, 0.25) is 0 Å². The van der Waals surface area contributed by atoms with E-state index in [1.807, 2.05) is 18.9 Å². The van der Waals surface area contributed by atoms with Crippen LogP contribution >= 0.6 is 0 Å². The number of aryl methyl sites for hydroxylation is 1. The average molecular weight is 236 g/mol. The molecular weight excluding hydrogens is 216 g/mol. The highest BCUT2D eigenvalue weighted by atomic mass is 16.5. The molecule has 0 aromatic carbocycles. The average Bonchev–Trinajstić information content (AvgIpc) is 3.06. The third-order valence-corrected chi connectivity index (χ3v) is 2.86. The van der Waals surface area contributed by atoms with E-state index in [4.69, 9.17) is 10.5 Å². The first-order chi connectivity index (χ1) is 8.15. The van der Waals surface area contributed by atoms with Gasteiger partial charge in [-0.3, -0.25) is 0 Å². The Morgan fingerprint density at radius 1 is 1.47 bits per heavy atom. The van der Waals surface area contributed by atoms with Crippen LogP contribution in [0.25, 0.3) is 0 Å². The standard InChI is InChI=1S/C12H20N4O/c1-9-14-11(13)7-12(15-9)16(2)5-6-17-8-10-3-4-10/h7,10H,3-6,8H2,1-2H3,(H2,13,14,15). The number of anilines is 2. The van der Waals surface area contributed by atoms with E-state index in [0.717, 1.165) is 31.5 Å². The number of nitrogens with zero attached hydrogens (tertiary/aromatic N) is 3. The lowest BCUT2D eigenvalue weighted by Gasteiger charge is -2.18. The van der Waals surface area contributed by atoms with Gasteiger partial charge in [0.1, 0.15) is 17.5 Å². The molecule has 1 aromatic heterocycles. The van der Waals surface area contributed by atoms with Crippen molar-refractivity contribution in [3.8, 4) is 0 Å². The van der Waals surface area contributed by atoms with Gasteiger partial charge >= 0.3 is 0 Å². The van der Waals surface area contributed by atoms with Gasteiger partial charge in [0.15, 0.2) is 0 Å². The molecule has 1 fully saturated rings. The maximum Gasteiger partial charge on any atom is 0.134 e. The van der Waals surface area contributed by atoms with E-state index in [9.17, 15) is 0 Å². The Morgan fingerprint density at radius 3 is 2.88 bits per heavy atom. The minimum absolute atomic E-state index is 0.512. The smallest absolute Gasteiger partial charge is 0.134 e. The second-order valence-corrected chi connectivity index (χ2v) is 4.64. The number of ether oxygens (including phenoxy) is 1. The van der Waals surface area contributed by atoms with E-state index in [1.54, 1.807) is 6.07 Å². The molecule has 1 aliphatic carbocycles. The first kappa shape index (κ1) is 12.1. The normalized spacial score (nSPS) is 14.9. The molecule has 1 heterocycles. The second kappa shape index (κ2) is 5.31. The first-order valence-electron chi connectivity index (χ1n) is 6.05. The van der Waals surface area contributed by atoms with Crippen LogP contribution in [0.1, 0.15) is 18.7 Å². The fourth-order valence-electron chi connectivity index (χ4n) is 1.62. The summed E-state index contributed by atoms with van der Waals surface area (Å²) in [6.45, 7) is 4.30. The highest BCUT2D eigenvalue weighted by Crippen LogP contribution is 2.28. The summed E-state index contributed by atoms with van der Waals surface area (Å²) >= 11 is 0. The minimum Gasteiger partial charge on any atom is -0.384 e. The summed E-state index contributed by atoms with van der Waals surface area (Å²) in [6, 6.07) is 1.79. The van der Waals surface area contributed by atoms with Crippen molar-refractivity contribution in [2.45, 2.75) is 19.8 Å². The summed E-state index contributed by atoms with van der Waals surface area (Å²) in [5.41, 5.74) is 5.69. The summed E-state index contributed by atoms with van der Waals surface area (Å²) < 4.78 is 5.59. The van der Waals surface area contributed by atoms with Crippen molar-refractivity contribution in [2.75, 3.05) is 37.4 Å². The minimum atomic E-state index is 0.512. The first-order valence-corrected chi connectivity index (χ1v) is 6.05. The number of aromatic nitrogens is 2. The monoisotopic (exact) mass is 236 g/mol. The molecule has 5 heteroatoms. The Morgan fingerprint density at radius 2 is 2.24 bits per heavy atom. The largest absolute Gasteiger partial charge is 0.384 e. The van der Waals surface area contributed by atoms with Crippen molar-refractivity contribution in [1.82, 2.24) is 9.97 Å². The summed E-state index contributed by atoms with van der Waals surface area (Å²) in [5.74, 6) is 2.88. The van der Waals surface area contributed by atoms with E-state index in [1.165, 1.54) is 12.8 Å². The van der Waals surface area contributed by atoms with E-state index in [2.05, 4.69) is 9.97 Å². The lowest BCUT2D eigenvalue weighted by molar-refractivity contribution is 0.131. The number of hydrogen-bond acceptors (Lipinski definition) is 5. The van der Waals surface area contributed by atoms with Gasteiger partial charge in [-0.25, -0.2) is 9.97 Å². The molecular formula is C12H20N4O. The van der Waals surface area contributed by atoms with Crippen molar-refractivity contribution in [2.24, 2.45) is 5.92 Å². The third-order valence-electron chi connectivity index (χ3n) is 2.86. The van der Waals surface area contributed by atoms with Crippen molar-refractivity contribution in [3.63, 3.8) is 0 Å². The SMILES string of the molecule is Cc1nc(N)cc(N(C)CCOCC2CC2)n1.